The molecule has 0 N–H and O–H groups in total. The van der Waals surface area contributed by atoms with Crippen LogP contribution in [-0.2, 0) is 28.5 Å². The van der Waals surface area contributed by atoms with Gasteiger partial charge in [0.25, 0.3) is 0 Å². The summed E-state index contributed by atoms with van der Waals surface area (Å²) < 4.78 is 22.7. The molecule has 0 saturated carbocycles. The van der Waals surface area contributed by atoms with Crippen LogP contribution in [0, 0.1) is 23.7 Å². The van der Waals surface area contributed by atoms with Crippen LogP contribution in [0.25, 0.3) is 0 Å². The van der Waals surface area contributed by atoms with Crippen molar-refractivity contribution in [3.8, 4) is 0 Å². The van der Waals surface area contributed by atoms with Crippen LogP contribution in [-0.4, -0.2) is 82.5 Å². The minimum Gasteiger partial charge on any atom is -0.460 e. The highest BCUT2D eigenvalue weighted by Gasteiger charge is 2.41. The second kappa shape index (κ2) is 14.7. The average Bonchev–Trinajstić information content (AvgIpc) is 3.47. The van der Waals surface area contributed by atoms with Crippen LogP contribution in [0.2, 0.25) is 0 Å². The Morgan fingerprint density at radius 2 is 0.841 bits per heavy atom. The van der Waals surface area contributed by atoms with Crippen molar-refractivity contribution >= 4 is 24.1 Å². The van der Waals surface area contributed by atoms with E-state index in [4.69, 9.17) is 18.9 Å². The van der Waals surface area contributed by atoms with Crippen molar-refractivity contribution in [2.75, 3.05) is 26.2 Å². The topological polar surface area (TPSA) is 112 Å². The Balaban J connectivity index is 2.09. The molecule has 0 bridgehead atoms. The fraction of sp³-hybridized carbons (Fsp3) is 0.882. The van der Waals surface area contributed by atoms with Gasteiger partial charge in [-0.3, -0.25) is 9.59 Å². The average molecular weight is 625 g/mol. The molecule has 2 aliphatic heterocycles. The largest absolute Gasteiger partial charge is 0.460 e. The smallest absolute Gasteiger partial charge is 0.410 e. The molecule has 0 aliphatic carbocycles. The van der Waals surface area contributed by atoms with Gasteiger partial charge in [-0.15, -0.1) is 0 Å². The van der Waals surface area contributed by atoms with Crippen molar-refractivity contribution in [2.45, 2.75) is 144 Å². The molecular formula is C34H60N2O8. The highest BCUT2D eigenvalue weighted by atomic mass is 16.6. The molecule has 0 aromatic carbocycles. The SMILES string of the molecule is CC(C)(C)OC(=O)[C@@H](CCCC[C@H](C(=O)OC(C)(C)C)[C@H]1CCN(C(=O)OC(C)(C)C)C1)[C@H]1CCN(C(=O)OC(C)(C)C)C1. The molecule has 2 rings (SSSR count). The van der Waals surface area contributed by atoms with Crippen molar-refractivity contribution in [2.24, 2.45) is 23.7 Å². The Labute approximate surface area is 265 Å². The molecule has 0 unspecified atom stereocenters. The number of esters is 2. The zero-order chi connectivity index (χ0) is 33.7. The summed E-state index contributed by atoms with van der Waals surface area (Å²) in [7, 11) is 0. The van der Waals surface area contributed by atoms with Gasteiger partial charge in [-0.05, 0) is 121 Å². The zero-order valence-electron chi connectivity index (χ0n) is 29.5. The number of likely N-dealkylation sites (tertiary alicyclic amines) is 2. The fourth-order valence-corrected chi connectivity index (χ4v) is 5.79. The molecule has 0 aromatic heterocycles. The predicted molar refractivity (Wildman–Crippen MR) is 169 cm³/mol. The van der Waals surface area contributed by atoms with Crippen molar-refractivity contribution in [3.05, 3.63) is 0 Å². The molecule has 0 radical (unpaired) electrons. The second-order valence-electron chi connectivity index (χ2n) is 16.5. The van der Waals surface area contributed by atoms with Crippen LogP contribution in [0.5, 0.6) is 0 Å². The molecule has 4 atom stereocenters. The van der Waals surface area contributed by atoms with Gasteiger partial charge in [0, 0.05) is 26.2 Å². The summed E-state index contributed by atoms with van der Waals surface area (Å²) in [4.78, 5) is 55.5. The van der Waals surface area contributed by atoms with Gasteiger partial charge in [0.1, 0.15) is 22.4 Å². The zero-order valence-corrected chi connectivity index (χ0v) is 29.5. The van der Waals surface area contributed by atoms with E-state index in [-0.39, 0.29) is 47.8 Å². The summed E-state index contributed by atoms with van der Waals surface area (Å²) in [6.45, 7) is 24.2. The van der Waals surface area contributed by atoms with Gasteiger partial charge < -0.3 is 28.7 Å². The number of ether oxygens (including phenoxy) is 4. The van der Waals surface area contributed by atoms with Crippen LogP contribution < -0.4 is 0 Å². The van der Waals surface area contributed by atoms with E-state index in [0.29, 0.717) is 64.7 Å². The third-order valence-electron chi connectivity index (χ3n) is 7.59. The third kappa shape index (κ3) is 13.2. The molecule has 44 heavy (non-hydrogen) atoms. The van der Waals surface area contributed by atoms with E-state index in [0.717, 1.165) is 0 Å². The van der Waals surface area contributed by atoms with Gasteiger partial charge in [-0.1, -0.05) is 12.8 Å². The summed E-state index contributed by atoms with van der Waals surface area (Å²) in [5, 5.41) is 0. The summed E-state index contributed by atoms with van der Waals surface area (Å²) in [5.41, 5.74) is -2.42. The number of nitrogens with zero attached hydrogens (tertiary/aromatic N) is 2. The lowest BCUT2D eigenvalue weighted by Gasteiger charge is -2.29. The maximum atomic E-state index is 13.4. The summed E-state index contributed by atoms with van der Waals surface area (Å²) in [5.74, 6) is -1.29. The minimum atomic E-state index is -0.622. The maximum absolute atomic E-state index is 13.4. The second-order valence-corrected chi connectivity index (χ2v) is 16.5. The van der Waals surface area contributed by atoms with E-state index in [1.165, 1.54) is 0 Å². The number of hydrogen-bond acceptors (Lipinski definition) is 8. The first-order valence-electron chi connectivity index (χ1n) is 16.4. The number of hydrogen-bond donors (Lipinski definition) is 0. The Kier molecular flexibility index (Phi) is 12.6. The lowest BCUT2D eigenvalue weighted by Crippen LogP contribution is -2.37. The Bertz CT molecular complexity index is 919. The van der Waals surface area contributed by atoms with Gasteiger partial charge in [0.2, 0.25) is 0 Å². The highest BCUT2D eigenvalue weighted by Crippen LogP contribution is 2.34. The normalized spacial score (nSPS) is 21.1. The number of unbranched alkanes of at least 4 members (excludes halogenated alkanes) is 1. The van der Waals surface area contributed by atoms with E-state index in [1.807, 2.05) is 83.1 Å². The van der Waals surface area contributed by atoms with Crippen LogP contribution in [0.3, 0.4) is 0 Å². The molecule has 2 amide bonds. The van der Waals surface area contributed by atoms with Gasteiger partial charge in [0.05, 0.1) is 11.8 Å². The molecule has 2 fully saturated rings. The molecule has 2 saturated heterocycles. The van der Waals surface area contributed by atoms with Crippen molar-refractivity contribution in [1.82, 2.24) is 9.80 Å². The first-order chi connectivity index (χ1) is 19.9. The molecule has 2 aliphatic rings. The van der Waals surface area contributed by atoms with Crippen LogP contribution in [0.4, 0.5) is 9.59 Å². The van der Waals surface area contributed by atoms with Gasteiger partial charge in [-0.25, -0.2) is 9.59 Å². The van der Waals surface area contributed by atoms with E-state index in [9.17, 15) is 19.2 Å². The molecule has 10 heteroatoms. The van der Waals surface area contributed by atoms with Gasteiger partial charge in [-0.2, -0.15) is 0 Å². The monoisotopic (exact) mass is 624 g/mol. The maximum Gasteiger partial charge on any atom is 0.410 e. The Morgan fingerprint density at radius 1 is 0.545 bits per heavy atom. The first kappa shape index (κ1) is 37.7. The Hall–Kier alpha value is -2.52. The number of amides is 2. The molecule has 254 valence electrons. The lowest BCUT2D eigenvalue weighted by atomic mass is 9.84. The predicted octanol–water partition coefficient (Wildman–Crippen LogP) is 6.98. The van der Waals surface area contributed by atoms with Gasteiger partial charge >= 0.3 is 24.1 Å². The first-order valence-corrected chi connectivity index (χ1v) is 16.4. The van der Waals surface area contributed by atoms with Crippen LogP contribution >= 0.6 is 0 Å². The highest BCUT2D eigenvalue weighted by molar-refractivity contribution is 5.75. The van der Waals surface area contributed by atoms with Crippen molar-refractivity contribution < 1.29 is 38.1 Å². The standard InChI is InChI=1S/C34H60N2O8/c1-31(2,3)41-27(37)25(23-17-19-35(21-23)29(39)43-33(7,8)9)15-13-14-16-26(28(38)42-32(4,5)6)24-18-20-36(22-24)30(40)44-34(10,11)12/h23-26H,13-22H2,1-12H3/t23-,24-,25-,26-/m0/s1. The molecule has 0 aromatic rings. The van der Waals surface area contributed by atoms with Gasteiger partial charge in [0.15, 0.2) is 0 Å². The number of carbonyl (C=O) groups is 4. The van der Waals surface area contributed by atoms with E-state index < -0.39 is 22.4 Å². The quantitative estimate of drug-likeness (QED) is 0.154. The summed E-state index contributed by atoms with van der Waals surface area (Å²) in [6, 6.07) is 0. The molecular weight excluding hydrogens is 564 g/mol. The van der Waals surface area contributed by atoms with Crippen LogP contribution in [0.1, 0.15) is 122 Å². The third-order valence-corrected chi connectivity index (χ3v) is 7.59. The molecule has 2 heterocycles. The van der Waals surface area contributed by atoms with Crippen LogP contribution in [0.15, 0.2) is 0 Å². The number of rotatable bonds is 9. The molecule has 0 spiro atoms. The van der Waals surface area contributed by atoms with E-state index in [1.54, 1.807) is 9.80 Å². The number of carbonyl (C=O) groups excluding carboxylic acids is 4. The Morgan fingerprint density at radius 3 is 1.11 bits per heavy atom. The molecule has 10 nitrogen and oxygen atoms in total. The van der Waals surface area contributed by atoms with Crippen molar-refractivity contribution in [3.63, 3.8) is 0 Å². The van der Waals surface area contributed by atoms with E-state index in [2.05, 4.69) is 0 Å². The lowest BCUT2D eigenvalue weighted by molar-refractivity contribution is -0.164. The van der Waals surface area contributed by atoms with Crippen molar-refractivity contribution in [1.29, 1.82) is 0 Å². The van der Waals surface area contributed by atoms with E-state index >= 15 is 0 Å². The summed E-state index contributed by atoms with van der Waals surface area (Å²) in [6.07, 6.45) is 3.30. The summed E-state index contributed by atoms with van der Waals surface area (Å²) >= 11 is 0. The minimum absolute atomic E-state index is 0.0313. The fourth-order valence-electron chi connectivity index (χ4n) is 5.79.